The van der Waals surface area contributed by atoms with Gasteiger partial charge in [-0.1, -0.05) is 0 Å². The molecule has 0 saturated heterocycles. The fraction of sp³-hybridized carbons (Fsp3) is 0.200. The van der Waals surface area contributed by atoms with Crippen LogP contribution in [0.1, 0.15) is 0 Å². The molecule has 0 radical (unpaired) electrons. The summed E-state index contributed by atoms with van der Waals surface area (Å²) in [5.41, 5.74) is 4.95. The number of rotatable bonds is 5. The number of primary amides is 1. The fourth-order valence-corrected chi connectivity index (χ4v) is 1.43. The molecule has 0 atom stereocenters. The molecule has 1 aliphatic heterocycles. The molecule has 0 aromatic heterocycles. The molecule has 2 amide bonds. The van der Waals surface area contributed by atoms with Crippen LogP contribution in [0.25, 0.3) is 0 Å². The van der Waals surface area contributed by atoms with Gasteiger partial charge in [0, 0.05) is 31.1 Å². The molecule has 0 spiro atoms. The highest BCUT2D eigenvalue weighted by atomic mass is 16.4. The predicted molar refractivity (Wildman–Crippen MR) is 72.5 cm³/mol. The summed E-state index contributed by atoms with van der Waals surface area (Å²) in [5, 5.41) is 27.5. The average molecular weight is 279 g/mol. The van der Waals surface area contributed by atoms with Crippen LogP contribution in [-0.2, 0) is 9.59 Å². The van der Waals surface area contributed by atoms with Crippen molar-refractivity contribution in [3.8, 4) is 0 Å². The van der Waals surface area contributed by atoms with Crippen LogP contribution in [0.2, 0.25) is 0 Å². The zero-order valence-corrected chi connectivity index (χ0v) is 10.7. The summed E-state index contributed by atoms with van der Waals surface area (Å²) in [6.45, 7) is -0.354. The second-order valence-electron chi connectivity index (χ2n) is 3.90. The number of carbonyl (C=O) groups is 2. The van der Waals surface area contributed by atoms with Gasteiger partial charge in [-0.2, -0.15) is 0 Å². The number of carbonyl (C=O) groups excluding carboxylic acids is 2. The van der Waals surface area contributed by atoms with Crippen LogP contribution < -0.4 is 11.1 Å². The third-order valence-corrected chi connectivity index (χ3v) is 2.36. The second kappa shape index (κ2) is 6.64. The lowest BCUT2D eigenvalue weighted by molar-refractivity contribution is -0.122. The topological polar surface area (TPSA) is 152 Å². The van der Waals surface area contributed by atoms with Crippen molar-refractivity contribution in [1.82, 2.24) is 10.2 Å². The lowest BCUT2D eigenvalue weighted by atomic mass is 9.80. The molecule has 1 heterocycles. The summed E-state index contributed by atoms with van der Waals surface area (Å²) in [5.74, 6) is -1.26. The maximum atomic E-state index is 11.8. The highest BCUT2D eigenvalue weighted by Gasteiger charge is 2.22. The van der Waals surface area contributed by atoms with Crippen LogP contribution >= 0.6 is 0 Å². The Morgan fingerprint density at radius 1 is 1.60 bits per heavy atom. The third kappa shape index (κ3) is 3.77. The Kier molecular flexibility index (Phi) is 5.18. The van der Waals surface area contributed by atoms with Crippen LogP contribution in [0.3, 0.4) is 0 Å². The van der Waals surface area contributed by atoms with Gasteiger partial charge in [-0.15, -0.1) is 0 Å². The number of hydrogen-bond acceptors (Lipinski definition) is 7. The first-order chi connectivity index (χ1) is 9.36. The van der Waals surface area contributed by atoms with Crippen molar-refractivity contribution in [2.24, 2.45) is 10.7 Å². The van der Waals surface area contributed by atoms with E-state index < -0.39 is 18.9 Å². The lowest BCUT2D eigenvalue weighted by Crippen LogP contribution is -2.36. The second-order valence-corrected chi connectivity index (χ2v) is 3.90. The molecule has 10 heteroatoms. The first-order valence-corrected chi connectivity index (χ1v) is 5.52. The van der Waals surface area contributed by atoms with Crippen LogP contribution in [0.5, 0.6) is 0 Å². The number of allylic oxidation sites excluding steroid dienone is 1. The molecule has 0 aromatic rings. The van der Waals surface area contributed by atoms with Crippen molar-refractivity contribution in [3.05, 3.63) is 23.1 Å². The molecular formula is C10H14BN5O4. The minimum Gasteiger partial charge on any atom is -0.423 e. The van der Waals surface area contributed by atoms with E-state index in [0.29, 0.717) is 0 Å². The average Bonchev–Trinajstić information content (AvgIpc) is 2.38. The molecule has 0 aliphatic carbocycles. The van der Waals surface area contributed by atoms with Crippen molar-refractivity contribution in [2.75, 3.05) is 13.6 Å². The lowest BCUT2D eigenvalue weighted by Gasteiger charge is -2.21. The zero-order valence-electron chi connectivity index (χ0n) is 10.7. The van der Waals surface area contributed by atoms with Crippen molar-refractivity contribution in [2.45, 2.75) is 0 Å². The van der Waals surface area contributed by atoms with Gasteiger partial charge in [-0.25, -0.2) is 4.99 Å². The smallest absolute Gasteiger partial charge is 0.423 e. The molecule has 20 heavy (non-hydrogen) atoms. The van der Waals surface area contributed by atoms with Crippen LogP contribution in [0.15, 0.2) is 28.1 Å². The molecule has 1 rings (SSSR count). The number of nitrogens with one attached hydrogen (secondary N) is 2. The summed E-state index contributed by atoms with van der Waals surface area (Å²) < 4.78 is 0. The Bertz CT molecular complexity index is 526. The third-order valence-electron chi connectivity index (χ3n) is 2.36. The Hall–Kier alpha value is -2.46. The molecule has 9 nitrogen and oxygen atoms in total. The van der Waals surface area contributed by atoms with Crippen molar-refractivity contribution < 1.29 is 19.6 Å². The summed E-state index contributed by atoms with van der Waals surface area (Å²) in [6, 6.07) is 0. The highest BCUT2D eigenvalue weighted by Crippen LogP contribution is 2.16. The maximum absolute atomic E-state index is 11.8. The largest absolute Gasteiger partial charge is 0.491 e. The first-order valence-electron chi connectivity index (χ1n) is 5.52. The van der Waals surface area contributed by atoms with Gasteiger partial charge in [-0.05, 0) is 0 Å². The van der Waals surface area contributed by atoms with E-state index in [1.165, 1.54) is 24.4 Å². The van der Waals surface area contributed by atoms with Crippen LogP contribution in [0.4, 0.5) is 0 Å². The molecule has 1 aliphatic rings. The number of nitrogens with zero attached hydrogens (tertiary/aromatic N) is 2. The number of hydrogen-bond donors (Lipinski definition) is 5. The van der Waals surface area contributed by atoms with Crippen molar-refractivity contribution in [3.63, 3.8) is 0 Å². The molecule has 0 aromatic carbocycles. The Balaban J connectivity index is 2.99. The molecular weight excluding hydrogens is 265 g/mol. The number of aliphatic imine (C=N–C) groups is 1. The van der Waals surface area contributed by atoms with Gasteiger partial charge < -0.3 is 31.4 Å². The minimum absolute atomic E-state index is 0.0901. The Morgan fingerprint density at radius 3 is 2.70 bits per heavy atom. The van der Waals surface area contributed by atoms with E-state index in [9.17, 15) is 9.59 Å². The van der Waals surface area contributed by atoms with Gasteiger partial charge in [0.25, 0.3) is 5.91 Å². The summed E-state index contributed by atoms with van der Waals surface area (Å²) in [7, 11) is -0.158. The van der Waals surface area contributed by atoms with Crippen LogP contribution in [0, 0.1) is 5.41 Å². The Morgan fingerprint density at radius 2 is 2.25 bits per heavy atom. The van der Waals surface area contributed by atoms with Gasteiger partial charge in [0.1, 0.15) is 5.82 Å². The zero-order chi connectivity index (χ0) is 15.3. The molecule has 0 saturated carbocycles. The predicted octanol–water partition coefficient (Wildman–Crippen LogP) is -2.64. The van der Waals surface area contributed by atoms with E-state index in [1.54, 1.807) is 0 Å². The number of nitrogens with two attached hydrogens (primary N) is 1. The quantitative estimate of drug-likeness (QED) is 0.211. The van der Waals surface area contributed by atoms with Gasteiger partial charge in [0.05, 0.1) is 12.1 Å². The fourth-order valence-electron chi connectivity index (χ4n) is 1.43. The van der Waals surface area contributed by atoms with Crippen molar-refractivity contribution in [1.29, 1.82) is 5.41 Å². The van der Waals surface area contributed by atoms with E-state index in [0.717, 1.165) is 6.21 Å². The first kappa shape index (κ1) is 15.6. The summed E-state index contributed by atoms with van der Waals surface area (Å²) >= 11 is 0. The molecule has 0 unspecified atom stereocenters. The van der Waals surface area contributed by atoms with Gasteiger partial charge in [0.2, 0.25) is 5.91 Å². The number of amides is 2. The summed E-state index contributed by atoms with van der Waals surface area (Å²) in [4.78, 5) is 27.7. The van der Waals surface area contributed by atoms with Crippen LogP contribution in [-0.4, -0.2) is 59.9 Å². The van der Waals surface area contributed by atoms with E-state index >= 15 is 0 Å². The Labute approximate surface area is 115 Å². The van der Waals surface area contributed by atoms with Gasteiger partial charge in [-0.3, -0.25) is 9.59 Å². The van der Waals surface area contributed by atoms with E-state index in [1.807, 2.05) is 0 Å². The molecule has 6 N–H and O–H groups in total. The standard InChI is InChI=1S/C10H14BN5O4/c1-16-5-6(11(19)20)3-14-9(16)7(2-12)10(18)15-4-8(13)17/h2-3,5,12,19-20H,4H2,1H3,(H2,13,17)(H,15,18)/b9-7+,12-2?. The minimum atomic E-state index is -1.69. The monoisotopic (exact) mass is 279 g/mol. The van der Waals surface area contributed by atoms with Crippen molar-refractivity contribution >= 4 is 31.4 Å². The van der Waals surface area contributed by atoms with E-state index in [2.05, 4.69) is 10.3 Å². The maximum Gasteiger partial charge on any atom is 0.491 e. The normalized spacial score (nSPS) is 16.4. The SMILES string of the molecule is CN1C=C(B(O)O)C=N/C1=C(/C=N)C(=O)NCC(N)=O. The highest BCUT2D eigenvalue weighted by molar-refractivity contribution is 6.57. The molecule has 0 fully saturated rings. The van der Waals surface area contributed by atoms with Gasteiger partial charge >= 0.3 is 7.12 Å². The molecule has 106 valence electrons. The molecule has 0 bridgehead atoms. The van der Waals surface area contributed by atoms with E-state index in [-0.39, 0.29) is 23.4 Å². The van der Waals surface area contributed by atoms with Gasteiger partial charge in [0.15, 0.2) is 0 Å². The van der Waals surface area contributed by atoms with E-state index in [4.69, 9.17) is 21.2 Å². The summed E-state index contributed by atoms with van der Waals surface area (Å²) in [6.07, 6.45) is 3.32.